The van der Waals surface area contributed by atoms with Crippen LogP contribution in [0.3, 0.4) is 0 Å². The fourth-order valence-electron chi connectivity index (χ4n) is 3.52. The van der Waals surface area contributed by atoms with E-state index in [2.05, 4.69) is 9.89 Å². The molecular weight excluding hydrogens is 289 g/mol. The Hall–Kier alpha value is -1.29. The Morgan fingerprint density at radius 3 is 2.52 bits per heavy atom. The number of hydrogen-bond donors (Lipinski definition) is 1. The third-order valence-electron chi connectivity index (χ3n) is 4.51. The van der Waals surface area contributed by atoms with Crippen LogP contribution in [0.2, 0.25) is 5.02 Å². The maximum Gasteiger partial charge on any atom is 0.192 e. The summed E-state index contributed by atoms with van der Waals surface area (Å²) in [6.07, 6.45) is 7.30. The highest BCUT2D eigenvalue weighted by Crippen LogP contribution is 2.34. The van der Waals surface area contributed by atoms with E-state index in [0.29, 0.717) is 23.6 Å². The largest absolute Gasteiger partial charge is 0.370 e. The van der Waals surface area contributed by atoms with Gasteiger partial charge in [-0.05, 0) is 36.6 Å². The van der Waals surface area contributed by atoms with Crippen molar-refractivity contribution in [2.24, 2.45) is 10.7 Å². The molecular formula is C16H21ClFN3. The maximum absolute atomic E-state index is 13.6. The molecule has 0 aromatic heterocycles. The first-order valence-electron chi connectivity index (χ1n) is 7.69. The van der Waals surface area contributed by atoms with E-state index in [-0.39, 0.29) is 11.9 Å². The summed E-state index contributed by atoms with van der Waals surface area (Å²) in [6.45, 7) is 0.585. The molecule has 3 nitrogen and oxygen atoms in total. The van der Waals surface area contributed by atoms with E-state index in [1.807, 2.05) is 6.07 Å². The lowest BCUT2D eigenvalue weighted by atomic mass is 10.0. The summed E-state index contributed by atoms with van der Waals surface area (Å²) < 4.78 is 13.6. The third-order valence-corrected chi connectivity index (χ3v) is 4.73. The number of nitrogens with zero attached hydrogens (tertiary/aromatic N) is 2. The van der Waals surface area contributed by atoms with Crippen LogP contribution in [0, 0.1) is 5.82 Å². The van der Waals surface area contributed by atoms with Gasteiger partial charge in [0.25, 0.3) is 0 Å². The minimum absolute atomic E-state index is 0.0151. The molecule has 5 heteroatoms. The van der Waals surface area contributed by atoms with E-state index < -0.39 is 0 Å². The summed E-state index contributed by atoms with van der Waals surface area (Å²) in [5.74, 6) is 0.288. The van der Waals surface area contributed by atoms with E-state index in [1.165, 1.54) is 31.7 Å². The Morgan fingerprint density at radius 2 is 1.86 bits per heavy atom. The molecule has 114 valence electrons. The molecule has 1 atom stereocenters. The van der Waals surface area contributed by atoms with E-state index in [1.54, 1.807) is 6.07 Å². The normalized spacial score (nSPS) is 24.0. The highest BCUT2D eigenvalue weighted by Gasteiger charge is 2.33. The van der Waals surface area contributed by atoms with Gasteiger partial charge >= 0.3 is 0 Å². The summed E-state index contributed by atoms with van der Waals surface area (Å²) in [7, 11) is 0. The summed E-state index contributed by atoms with van der Waals surface area (Å²) in [4.78, 5) is 6.59. The van der Waals surface area contributed by atoms with Crippen LogP contribution in [-0.4, -0.2) is 23.4 Å². The summed E-state index contributed by atoms with van der Waals surface area (Å²) in [5.41, 5.74) is 6.98. The van der Waals surface area contributed by atoms with Crippen molar-refractivity contribution in [3.05, 3.63) is 34.6 Å². The monoisotopic (exact) mass is 309 g/mol. The maximum atomic E-state index is 13.6. The SMILES string of the molecule is NC1=NCC(c2cc(F)cc(Cl)c2)N1C1CCCCCC1. The van der Waals surface area contributed by atoms with Crippen LogP contribution in [0.4, 0.5) is 4.39 Å². The van der Waals surface area contributed by atoms with Crippen molar-refractivity contribution in [2.45, 2.75) is 50.6 Å². The number of benzene rings is 1. The van der Waals surface area contributed by atoms with Crippen molar-refractivity contribution in [3.63, 3.8) is 0 Å². The van der Waals surface area contributed by atoms with Crippen LogP contribution in [0.25, 0.3) is 0 Å². The Bertz CT molecular complexity index is 518. The fourth-order valence-corrected chi connectivity index (χ4v) is 3.75. The highest BCUT2D eigenvalue weighted by molar-refractivity contribution is 6.30. The van der Waals surface area contributed by atoms with Crippen molar-refractivity contribution < 1.29 is 4.39 Å². The number of aliphatic imine (C=N–C) groups is 1. The molecule has 1 fully saturated rings. The lowest BCUT2D eigenvalue weighted by Gasteiger charge is -2.34. The molecule has 1 unspecified atom stereocenters. The van der Waals surface area contributed by atoms with Crippen molar-refractivity contribution in [1.82, 2.24) is 4.90 Å². The van der Waals surface area contributed by atoms with Crippen LogP contribution in [-0.2, 0) is 0 Å². The van der Waals surface area contributed by atoms with Crippen LogP contribution >= 0.6 is 11.6 Å². The molecule has 1 aromatic rings. The molecule has 21 heavy (non-hydrogen) atoms. The molecule has 1 aromatic carbocycles. The van der Waals surface area contributed by atoms with Crippen molar-refractivity contribution >= 4 is 17.6 Å². The van der Waals surface area contributed by atoms with Crippen LogP contribution in [0.15, 0.2) is 23.2 Å². The zero-order valence-electron chi connectivity index (χ0n) is 12.1. The number of rotatable bonds is 2. The van der Waals surface area contributed by atoms with Gasteiger partial charge in [-0.15, -0.1) is 0 Å². The van der Waals surface area contributed by atoms with Gasteiger partial charge in [0.1, 0.15) is 5.82 Å². The van der Waals surface area contributed by atoms with Gasteiger partial charge in [0.05, 0.1) is 12.6 Å². The Balaban J connectivity index is 1.87. The van der Waals surface area contributed by atoms with Gasteiger partial charge in [-0.1, -0.05) is 37.3 Å². The quantitative estimate of drug-likeness (QED) is 0.843. The molecule has 3 rings (SSSR count). The highest BCUT2D eigenvalue weighted by atomic mass is 35.5. The molecule has 0 amide bonds. The second kappa shape index (κ2) is 6.22. The van der Waals surface area contributed by atoms with Gasteiger partial charge in [0.2, 0.25) is 0 Å². The van der Waals surface area contributed by atoms with Gasteiger partial charge in [0, 0.05) is 11.1 Å². The lowest BCUT2D eigenvalue weighted by Crippen LogP contribution is -2.43. The van der Waals surface area contributed by atoms with Crippen molar-refractivity contribution in [1.29, 1.82) is 0 Å². The molecule has 1 saturated carbocycles. The number of guanidine groups is 1. The van der Waals surface area contributed by atoms with E-state index >= 15 is 0 Å². The second-order valence-corrected chi connectivity index (χ2v) is 6.41. The van der Waals surface area contributed by atoms with Gasteiger partial charge in [-0.2, -0.15) is 0 Å². The third kappa shape index (κ3) is 3.15. The summed E-state index contributed by atoms with van der Waals surface area (Å²) >= 11 is 6.00. The van der Waals surface area contributed by atoms with E-state index in [4.69, 9.17) is 17.3 Å². The molecule has 2 aliphatic rings. The smallest absolute Gasteiger partial charge is 0.192 e. The van der Waals surface area contributed by atoms with Crippen LogP contribution in [0.1, 0.15) is 50.1 Å². The van der Waals surface area contributed by atoms with Crippen molar-refractivity contribution in [2.75, 3.05) is 6.54 Å². The molecule has 0 spiro atoms. The fraction of sp³-hybridized carbons (Fsp3) is 0.562. The van der Waals surface area contributed by atoms with Gasteiger partial charge in [-0.25, -0.2) is 4.39 Å². The predicted octanol–water partition coefficient (Wildman–Crippen LogP) is 3.87. The number of halogens is 2. The molecule has 1 heterocycles. The number of hydrogen-bond acceptors (Lipinski definition) is 3. The van der Waals surface area contributed by atoms with Crippen molar-refractivity contribution in [3.8, 4) is 0 Å². The first-order chi connectivity index (χ1) is 10.1. The average Bonchev–Trinajstić information content (AvgIpc) is 2.65. The zero-order valence-corrected chi connectivity index (χ0v) is 12.8. The number of nitrogens with two attached hydrogens (primary N) is 1. The average molecular weight is 310 g/mol. The molecule has 1 aliphatic carbocycles. The Morgan fingerprint density at radius 1 is 1.14 bits per heavy atom. The van der Waals surface area contributed by atoms with Gasteiger partial charge < -0.3 is 10.6 Å². The van der Waals surface area contributed by atoms with E-state index in [0.717, 1.165) is 18.4 Å². The first kappa shape index (κ1) is 14.6. The van der Waals surface area contributed by atoms with Crippen LogP contribution in [0.5, 0.6) is 0 Å². The second-order valence-electron chi connectivity index (χ2n) is 5.97. The molecule has 2 N–H and O–H groups in total. The topological polar surface area (TPSA) is 41.6 Å². The van der Waals surface area contributed by atoms with Gasteiger partial charge in [0.15, 0.2) is 5.96 Å². The minimum atomic E-state index is -0.302. The summed E-state index contributed by atoms with van der Waals surface area (Å²) in [6, 6.07) is 5.13. The summed E-state index contributed by atoms with van der Waals surface area (Å²) in [5, 5.41) is 0.427. The Kier molecular flexibility index (Phi) is 4.34. The standard InChI is InChI=1S/C16H21ClFN3/c17-12-7-11(8-13(18)9-12)15-10-20-16(19)21(15)14-5-3-1-2-4-6-14/h7-9,14-15H,1-6,10H2,(H2,19,20). The lowest BCUT2D eigenvalue weighted by molar-refractivity contribution is 0.237. The van der Waals surface area contributed by atoms with E-state index in [9.17, 15) is 4.39 Å². The molecule has 0 radical (unpaired) electrons. The molecule has 0 bridgehead atoms. The Labute approximate surface area is 130 Å². The van der Waals surface area contributed by atoms with Crippen LogP contribution < -0.4 is 5.73 Å². The predicted molar refractivity (Wildman–Crippen MR) is 84.0 cm³/mol. The molecule has 0 saturated heterocycles. The van der Waals surface area contributed by atoms with Gasteiger partial charge in [-0.3, -0.25) is 4.99 Å². The minimum Gasteiger partial charge on any atom is -0.370 e. The first-order valence-corrected chi connectivity index (χ1v) is 8.07. The molecule has 1 aliphatic heterocycles. The zero-order chi connectivity index (χ0) is 14.8.